The Kier molecular flexibility index (Phi) is 3.72. The molecule has 1 saturated carbocycles. The van der Waals surface area contributed by atoms with Crippen molar-refractivity contribution in [1.29, 1.82) is 0 Å². The summed E-state index contributed by atoms with van der Waals surface area (Å²) >= 11 is 0. The van der Waals surface area contributed by atoms with Crippen LogP contribution >= 0.6 is 0 Å². The van der Waals surface area contributed by atoms with Crippen LogP contribution in [-0.2, 0) is 11.2 Å². The van der Waals surface area contributed by atoms with Crippen LogP contribution < -0.4 is 10.6 Å². The maximum Gasteiger partial charge on any atom is 0.242 e. The van der Waals surface area contributed by atoms with Gasteiger partial charge in [-0.3, -0.25) is 4.79 Å². The van der Waals surface area contributed by atoms with Gasteiger partial charge in [0.05, 0.1) is 0 Å². The third-order valence-corrected chi connectivity index (χ3v) is 4.38. The summed E-state index contributed by atoms with van der Waals surface area (Å²) in [7, 11) is 0. The maximum atomic E-state index is 12.2. The second kappa shape index (κ2) is 5.64. The van der Waals surface area contributed by atoms with Crippen molar-refractivity contribution in [3.8, 4) is 0 Å². The summed E-state index contributed by atoms with van der Waals surface area (Å²) in [5.41, 5.74) is 2.36. The quantitative estimate of drug-likeness (QED) is 0.875. The number of anilines is 1. The predicted octanol–water partition coefficient (Wildman–Crippen LogP) is 2.72. The van der Waals surface area contributed by atoms with E-state index >= 15 is 0 Å². The highest BCUT2D eigenvalue weighted by molar-refractivity contribution is 5.87. The number of carbonyl (C=O) groups is 1. The lowest BCUT2D eigenvalue weighted by Gasteiger charge is -2.22. The monoisotopic (exact) mass is 258 g/mol. The number of benzene rings is 1. The number of para-hydroxylation sites is 1. The molecule has 0 unspecified atom stereocenters. The van der Waals surface area contributed by atoms with Gasteiger partial charge in [0, 0.05) is 18.7 Å². The summed E-state index contributed by atoms with van der Waals surface area (Å²) in [6, 6.07) is 8.10. The Labute approximate surface area is 114 Å². The summed E-state index contributed by atoms with van der Waals surface area (Å²) in [4.78, 5) is 12.2. The highest BCUT2D eigenvalue weighted by Crippen LogP contribution is 2.26. The van der Waals surface area contributed by atoms with E-state index in [1.165, 1.54) is 37.7 Å². The maximum absolute atomic E-state index is 12.2. The minimum Gasteiger partial charge on any atom is -0.373 e. The zero-order valence-corrected chi connectivity index (χ0v) is 11.3. The van der Waals surface area contributed by atoms with Gasteiger partial charge in [0.1, 0.15) is 6.04 Å². The third-order valence-electron chi connectivity index (χ3n) is 4.38. The molecule has 1 aliphatic heterocycles. The Balaban J connectivity index is 1.49. The zero-order valence-electron chi connectivity index (χ0n) is 11.3. The molecule has 1 aromatic carbocycles. The van der Waals surface area contributed by atoms with Crippen LogP contribution in [0, 0.1) is 5.92 Å². The van der Waals surface area contributed by atoms with Gasteiger partial charge in [-0.05, 0) is 30.4 Å². The van der Waals surface area contributed by atoms with Gasteiger partial charge < -0.3 is 10.6 Å². The first-order valence-corrected chi connectivity index (χ1v) is 7.45. The zero-order chi connectivity index (χ0) is 13.1. The third kappa shape index (κ3) is 2.91. The first-order chi connectivity index (χ1) is 9.33. The number of nitrogens with one attached hydrogen (secondary N) is 2. The summed E-state index contributed by atoms with van der Waals surface area (Å²) in [6.45, 7) is 0.855. The van der Waals surface area contributed by atoms with Crippen molar-refractivity contribution in [2.45, 2.75) is 44.6 Å². The minimum atomic E-state index is -0.0824. The molecule has 0 aromatic heterocycles. The number of rotatable bonds is 3. The van der Waals surface area contributed by atoms with Crippen LogP contribution in [0.3, 0.4) is 0 Å². The molecule has 1 aromatic rings. The van der Waals surface area contributed by atoms with E-state index in [0.29, 0.717) is 5.92 Å². The molecule has 0 radical (unpaired) electrons. The number of carbonyl (C=O) groups excluding carboxylic acids is 1. The van der Waals surface area contributed by atoms with Crippen molar-refractivity contribution >= 4 is 11.6 Å². The summed E-state index contributed by atoms with van der Waals surface area (Å²) < 4.78 is 0. The SMILES string of the molecule is O=C(NCC1CCCCC1)[C@@H]1Cc2ccccc2N1. The Hall–Kier alpha value is -1.51. The molecule has 1 atom stereocenters. The highest BCUT2D eigenvalue weighted by Gasteiger charge is 2.26. The Morgan fingerprint density at radius 1 is 1.21 bits per heavy atom. The van der Waals surface area contributed by atoms with Crippen molar-refractivity contribution in [2.24, 2.45) is 5.92 Å². The van der Waals surface area contributed by atoms with E-state index in [2.05, 4.69) is 16.7 Å². The average molecular weight is 258 g/mol. The first kappa shape index (κ1) is 12.5. The Bertz CT molecular complexity index is 427. The lowest BCUT2D eigenvalue weighted by Crippen LogP contribution is -2.40. The molecule has 2 N–H and O–H groups in total. The molecule has 3 rings (SSSR count). The van der Waals surface area contributed by atoms with Gasteiger partial charge in [0.2, 0.25) is 5.91 Å². The Morgan fingerprint density at radius 2 is 2.00 bits per heavy atom. The molecule has 0 spiro atoms. The highest BCUT2D eigenvalue weighted by atomic mass is 16.2. The molecule has 0 saturated heterocycles. The van der Waals surface area contributed by atoms with E-state index in [4.69, 9.17) is 0 Å². The van der Waals surface area contributed by atoms with Crippen LogP contribution in [-0.4, -0.2) is 18.5 Å². The second-order valence-electron chi connectivity index (χ2n) is 5.81. The Morgan fingerprint density at radius 3 is 2.79 bits per heavy atom. The van der Waals surface area contributed by atoms with Crippen LogP contribution in [0.4, 0.5) is 5.69 Å². The van der Waals surface area contributed by atoms with Gasteiger partial charge in [0.15, 0.2) is 0 Å². The van der Waals surface area contributed by atoms with Gasteiger partial charge in [-0.25, -0.2) is 0 Å². The fourth-order valence-electron chi connectivity index (χ4n) is 3.22. The molecule has 1 amide bonds. The molecular formula is C16H22N2O. The van der Waals surface area contributed by atoms with E-state index in [0.717, 1.165) is 18.7 Å². The van der Waals surface area contributed by atoms with Gasteiger partial charge >= 0.3 is 0 Å². The molecule has 102 valence electrons. The molecular weight excluding hydrogens is 236 g/mol. The fraction of sp³-hybridized carbons (Fsp3) is 0.562. The van der Waals surface area contributed by atoms with Gasteiger partial charge in [-0.1, -0.05) is 37.5 Å². The molecule has 2 aliphatic rings. The number of hydrogen-bond donors (Lipinski definition) is 2. The number of hydrogen-bond acceptors (Lipinski definition) is 2. The summed E-state index contributed by atoms with van der Waals surface area (Å²) in [5.74, 6) is 0.850. The van der Waals surface area contributed by atoms with Crippen LogP contribution in [0.2, 0.25) is 0 Å². The molecule has 3 heteroatoms. The van der Waals surface area contributed by atoms with Gasteiger partial charge in [-0.15, -0.1) is 0 Å². The topological polar surface area (TPSA) is 41.1 Å². The van der Waals surface area contributed by atoms with Crippen LogP contribution in [0.5, 0.6) is 0 Å². The van der Waals surface area contributed by atoms with Gasteiger partial charge in [0.25, 0.3) is 0 Å². The fourth-order valence-corrected chi connectivity index (χ4v) is 3.22. The standard InChI is InChI=1S/C16H22N2O/c19-16(17-11-12-6-2-1-3-7-12)15-10-13-8-4-5-9-14(13)18-15/h4-5,8-9,12,15,18H,1-3,6-7,10-11H2,(H,17,19)/t15-/m0/s1. The average Bonchev–Trinajstić information content (AvgIpc) is 2.90. The largest absolute Gasteiger partial charge is 0.373 e. The molecule has 19 heavy (non-hydrogen) atoms. The minimum absolute atomic E-state index is 0.0824. The van der Waals surface area contributed by atoms with E-state index in [9.17, 15) is 4.79 Å². The molecule has 1 aliphatic carbocycles. The molecule has 3 nitrogen and oxygen atoms in total. The van der Waals surface area contributed by atoms with Crippen molar-refractivity contribution in [3.05, 3.63) is 29.8 Å². The van der Waals surface area contributed by atoms with E-state index in [1.807, 2.05) is 18.2 Å². The molecule has 0 bridgehead atoms. The van der Waals surface area contributed by atoms with E-state index < -0.39 is 0 Å². The van der Waals surface area contributed by atoms with Crippen molar-refractivity contribution in [3.63, 3.8) is 0 Å². The first-order valence-electron chi connectivity index (χ1n) is 7.45. The number of amides is 1. The predicted molar refractivity (Wildman–Crippen MR) is 77.1 cm³/mol. The van der Waals surface area contributed by atoms with Gasteiger partial charge in [-0.2, -0.15) is 0 Å². The summed E-state index contributed by atoms with van der Waals surface area (Å²) in [5, 5.41) is 6.44. The summed E-state index contributed by atoms with van der Waals surface area (Å²) in [6.07, 6.45) is 7.38. The number of fused-ring (bicyclic) bond motifs is 1. The van der Waals surface area contributed by atoms with Crippen LogP contribution in [0.15, 0.2) is 24.3 Å². The van der Waals surface area contributed by atoms with Crippen molar-refractivity contribution < 1.29 is 4.79 Å². The second-order valence-corrected chi connectivity index (χ2v) is 5.81. The molecule has 1 heterocycles. The van der Waals surface area contributed by atoms with Crippen LogP contribution in [0.1, 0.15) is 37.7 Å². The lowest BCUT2D eigenvalue weighted by molar-refractivity contribution is -0.121. The van der Waals surface area contributed by atoms with Crippen LogP contribution in [0.25, 0.3) is 0 Å². The van der Waals surface area contributed by atoms with Crippen molar-refractivity contribution in [2.75, 3.05) is 11.9 Å². The van der Waals surface area contributed by atoms with Crippen molar-refractivity contribution in [1.82, 2.24) is 5.32 Å². The normalized spacial score (nSPS) is 22.6. The smallest absolute Gasteiger partial charge is 0.242 e. The van der Waals surface area contributed by atoms with E-state index in [-0.39, 0.29) is 11.9 Å². The molecule has 1 fully saturated rings. The lowest BCUT2D eigenvalue weighted by atomic mass is 9.89. The van der Waals surface area contributed by atoms with E-state index in [1.54, 1.807) is 0 Å².